The predicted molar refractivity (Wildman–Crippen MR) is 97.6 cm³/mol. The van der Waals surface area contributed by atoms with Crippen molar-refractivity contribution in [1.82, 2.24) is 19.8 Å². The highest BCUT2D eigenvalue weighted by Crippen LogP contribution is 2.31. The van der Waals surface area contributed by atoms with Crippen molar-refractivity contribution in [2.45, 2.75) is 12.8 Å². The second-order valence-corrected chi connectivity index (χ2v) is 7.02. The number of carbonyl (C=O) groups is 1. The Bertz CT molecular complexity index is 781. The average Bonchev–Trinajstić information content (AvgIpc) is 3.05. The third-order valence-electron chi connectivity index (χ3n) is 4.62. The Labute approximate surface area is 149 Å². The lowest BCUT2D eigenvalue weighted by Gasteiger charge is -2.35. The molecule has 3 aliphatic rings. The molecular weight excluding hydrogens is 340 g/mol. The number of aromatic amines is 1. The summed E-state index contributed by atoms with van der Waals surface area (Å²) >= 11 is 1.61. The number of rotatable bonds is 3. The quantitative estimate of drug-likeness (QED) is 0.843. The zero-order valence-corrected chi connectivity index (χ0v) is 14.7. The van der Waals surface area contributed by atoms with E-state index in [-0.39, 0.29) is 11.5 Å². The minimum Gasteiger partial charge on any atom is -0.348 e. The van der Waals surface area contributed by atoms with Crippen molar-refractivity contribution in [1.29, 1.82) is 0 Å². The largest absolute Gasteiger partial charge is 0.348 e. The number of amidine groups is 1. The van der Waals surface area contributed by atoms with Gasteiger partial charge < -0.3 is 19.7 Å². The number of aromatic nitrogens is 2. The van der Waals surface area contributed by atoms with Crippen molar-refractivity contribution in [3.8, 4) is 0 Å². The monoisotopic (exact) mass is 360 g/mol. The standard InChI is InChI=1S/C16H20N6O2S/c23-13(10-12-11-25-16-19-2-1-5-22(12)16)20-6-8-21(9-7-20)14-15(24)18-4-3-17-14/h3-4,11H,1-2,5-10H2,(H,18,24). The van der Waals surface area contributed by atoms with Crippen LogP contribution in [-0.4, -0.2) is 70.1 Å². The van der Waals surface area contributed by atoms with Crippen LogP contribution in [0.25, 0.3) is 0 Å². The summed E-state index contributed by atoms with van der Waals surface area (Å²) in [4.78, 5) is 41.7. The van der Waals surface area contributed by atoms with Gasteiger partial charge in [-0.1, -0.05) is 11.8 Å². The summed E-state index contributed by atoms with van der Waals surface area (Å²) in [6.45, 7) is 4.28. The van der Waals surface area contributed by atoms with E-state index < -0.39 is 0 Å². The fourth-order valence-electron chi connectivity index (χ4n) is 3.28. The molecule has 1 aromatic heterocycles. The van der Waals surface area contributed by atoms with Crippen LogP contribution in [0.3, 0.4) is 0 Å². The maximum absolute atomic E-state index is 12.6. The van der Waals surface area contributed by atoms with Crippen molar-refractivity contribution >= 4 is 28.7 Å². The molecule has 1 aromatic rings. The molecule has 0 spiro atoms. The van der Waals surface area contributed by atoms with E-state index in [2.05, 4.69) is 19.9 Å². The number of thioether (sulfide) groups is 1. The molecule has 4 heterocycles. The van der Waals surface area contributed by atoms with E-state index in [0.717, 1.165) is 30.4 Å². The van der Waals surface area contributed by atoms with Crippen molar-refractivity contribution < 1.29 is 4.79 Å². The summed E-state index contributed by atoms with van der Waals surface area (Å²) in [5.41, 5.74) is 0.865. The van der Waals surface area contributed by atoms with Crippen LogP contribution in [0.2, 0.25) is 0 Å². The molecular formula is C16H20N6O2S. The Balaban J connectivity index is 1.34. The van der Waals surface area contributed by atoms with E-state index in [1.165, 1.54) is 6.20 Å². The van der Waals surface area contributed by atoms with Gasteiger partial charge in [0.15, 0.2) is 11.0 Å². The van der Waals surface area contributed by atoms with E-state index in [4.69, 9.17) is 0 Å². The lowest BCUT2D eigenvalue weighted by atomic mass is 10.2. The Hall–Kier alpha value is -2.29. The number of hydrogen-bond acceptors (Lipinski definition) is 7. The number of nitrogens with zero attached hydrogens (tertiary/aromatic N) is 5. The Morgan fingerprint density at radius 3 is 2.88 bits per heavy atom. The average molecular weight is 360 g/mol. The van der Waals surface area contributed by atoms with Gasteiger partial charge in [0.1, 0.15) is 0 Å². The third kappa shape index (κ3) is 3.28. The van der Waals surface area contributed by atoms with Gasteiger partial charge in [-0.15, -0.1) is 0 Å². The van der Waals surface area contributed by atoms with Crippen LogP contribution in [0.1, 0.15) is 12.8 Å². The molecule has 4 rings (SSSR count). The SMILES string of the molecule is O=C(CC1=CSC2=NCCCN12)N1CCN(c2ncc[nH]c2=O)CC1. The van der Waals surface area contributed by atoms with Crippen molar-refractivity contribution in [2.75, 3.05) is 44.2 Å². The number of piperazine rings is 1. The van der Waals surface area contributed by atoms with Gasteiger partial charge in [-0.2, -0.15) is 0 Å². The molecule has 1 fully saturated rings. The van der Waals surface area contributed by atoms with Crippen molar-refractivity contribution in [3.05, 3.63) is 33.9 Å². The summed E-state index contributed by atoms with van der Waals surface area (Å²) in [5.74, 6) is 0.562. The van der Waals surface area contributed by atoms with Crippen LogP contribution in [-0.2, 0) is 4.79 Å². The molecule has 25 heavy (non-hydrogen) atoms. The summed E-state index contributed by atoms with van der Waals surface area (Å²) in [5, 5.41) is 3.07. The van der Waals surface area contributed by atoms with Crippen LogP contribution in [0.15, 0.2) is 33.3 Å². The molecule has 3 aliphatic heterocycles. The number of carbonyl (C=O) groups excluding carboxylic acids is 1. The van der Waals surface area contributed by atoms with Crippen LogP contribution in [0.4, 0.5) is 5.82 Å². The number of aliphatic imine (C=N–C) groups is 1. The molecule has 1 amide bonds. The zero-order chi connectivity index (χ0) is 17.2. The van der Waals surface area contributed by atoms with Crippen LogP contribution in [0.5, 0.6) is 0 Å². The second kappa shape index (κ2) is 6.91. The fraction of sp³-hybridized carbons (Fsp3) is 0.500. The van der Waals surface area contributed by atoms with Gasteiger partial charge in [0.25, 0.3) is 5.56 Å². The maximum Gasteiger partial charge on any atom is 0.290 e. The number of nitrogens with one attached hydrogen (secondary N) is 1. The van der Waals surface area contributed by atoms with Gasteiger partial charge in [0.05, 0.1) is 6.42 Å². The Morgan fingerprint density at radius 1 is 1.24 bits per heavy atom. The molecule has 0 saturated carbocycles. The van der Waals surface area contributed by atoms with Crippen LogP contribution in [0, 0.1) is 0 Å². The number of fused-ring (bicyclic) bond motifs is 1. The van der Waals surface area contributed by atoms with E-state index in [1.807, 2.05) is 15.2 Å². The number of amides is 1. The summed E-state index contributed by atoms with van der Waals surface area (Å²) in [6.07, 6.45) is 4.55. The summed E-state index contributed by atoms with van der Waals surface area (Å²) in [6, 6.07) is 0. The minimum atomic E-state index is -0.188. The lowest BCUT2D eigenvalue weighted by Crippen LogP contribution is -2.50. The molecule has 0 aromatic carbocycles. The summed E-state index contributed by atoms with van der Waals surface area (Å²) < 4.78 is 0. The molecule has 9 heteroatoms. The topological polar surface area (TPSA) is 84.9 Å². The molecule has 132 valence electrons. The maximum atomic E-state index is 12.6. The highest BCUT2D eigenvalue weighted by atomic mass is 32.2. The first-order valence-electron chi connectivity index (χ1n) is 8.46. The highest BCUT2D eigenvalue weighted by Gasteiger charge is 2.29. The molecule has 8 nitrogen and oxygen atoms in total. The van der Waals surface area contributed by atoms with Gasteiger partial charge in [-0.3, -0.25) is 14.6 Å². The van der Waals surface area contributed by atoms with Gasteiger partial charge in [-0.05, 0) is 11.8 Å². The predicted octanol–water partition coefficient (Wildman–Crippen LogP) is 0.458. The zero-order valence-electron chi connectivity index (χ0n) is 13.8. The van der Waals surface area contributed by atoms with Gasteiger partial charge in [-0.25, -0.2) is 4.98 Å². The molecule has 1 saturated heterocycles. The molecule has 0 unspecified atom stereocenters. The first-order chi connectivity index (χ1) is 12.2. The van der Waals surface area contributed by atoms with Crippen LogP contribution >= 0.6 is 11.8 Å². The first-order valence-corrected chi connectivity index (χ1v) is 9.34. The molecule has 1 N–H and O–H groups in total. The first kappa shape index (κ1) is 16.2. The smallest absolute Gasteiger partial charge is 0.290 e. The fourth-order valence-corrected chi connectivity index (χ4v) is 4.23. The molecule has 0 radical (unpaired) electrons. The van der Waals surface area contributed by atoms with E-state index in [0.29, 0.717) is 38.4 Å². The number of hydrogen-bond donors (Lipinski definition) is 1. The lowest BCUT2D eigenvalue weighted by molar-refractivity contribution is -0.130. The summed E-state index contributed by atoms with van der Waals surface area (Å²) in [7, 11) is 0. The van der Waals surface area contributed by atoms with Crippen molar-refractivity contribution in [2.24, 2.45) is 4.99 Å². The number of anilines is 1. The molecule has 0 aliphatic carbocycles. The minimum absolute atomic E-state index is 0.133. The Morgan fingerprint density at radius 2 is 2.08 bits per heavy atom. The van der Waals surface area contributed by atoms with Crippen molar-refractivity contribution in [3.63, 3.8) is 0 Å². The van der Waals surface area contributed by atoms with E-state index in [9.17, 15) is 9.59 Å². The van der Waals surface area contributed by atoms with Crippen LogP contribution < -0.4 is 10.5 Å². The number of H-pyrrole nitrogens is 1. The van der Waals surface area contributed by atoms with Gasteiger partial charge >= 0.3 is 0 Å². The van der Waals surface area contributed by atoms with E-state index in [1.54, 1.807) is 18.0 Å². The highest BCUT2D eigenvalue weighted by molar-refractivity contribution is 8.16. The van der Waals surface area contributed by atoms with Gasteiger partial charge in [0, 0.05) is 57.4 Å². The Kier molecular flexibility index (Phi) is 4.48. The molecule has 0 atom stereocenters. The van der Waals surface area contributed by atoms with E-state index >= 15 is 0 Å². The third-order valence-corrected chi connectivity index (χ3v) is 5.57. The normalized spacial score (nSPS) is 20.2. The second-order valence-electron chi connectivity index (χ2n) is 6.18. The van der Waals surface area contributed by atoms with Gasteiger partial charge in [0.2, 0.25) is 5.91 Å². The molecule has 0 bridgehead atoms.